The van der Waals surface area contributed by atoms with Gasteiger partial charge in [0.25, 0.3) is 0 Å². The molecule has 0 saturated heterocycles. The Kier molecular flexibility index (Phi) is 4.48. The molecule has 19 heavy (non-hydrogen) atoms. The molecule has 0 spiro atoms. The van der Waals surface area contributed by atoms with Crippen LogP contribution in [0.2, 0.25) is 0 Å². The summed E-state index contributed by atoms with van der Waals surface area (Å²) in [5.41, 5.74) is 2.09. The summed E-state index contributed by atoms with van der Waals surface area (Å²) < 4.78 is 0. The van der Waals surface area contributed by atoms with E-state index >= 15 is 0 Å². The molecule has 0 N–H and O–H groups in total. The molecule has 2 aliphatic rings. The van der Waals surface area contributed by atoms with E-state index in [1.54, 1.807) is 10.9 Å². The van der Waals surface area contributed by atoms with E-state index in [-0.39, 0.29) is 0 Å². The van der Waals surface area contributed by atoms with Crippen LogP contribution < -0.4 is 5.30 Å². The number of rotatable bonds is 3. The Morgan fingerprint density at radius 3 is 1.84 bits per heavy atom. The molecule has 1 aromatic carbocycles. The van der Waals surface area contributed by atoms with Crippen molar-refractivity contribution in [2.75, 3.05) is 0 Å². The molecular formula is C17H26PPd. The van der Waals surface area contributed by atoms with Gasteiger partial charge in [-0.1, -0.05) is 0 Å². The number of hydrogen-bond donors (Lipinski definition) is 0. The standard InChI is InChI=1S/C17H25P.Pd/c1-14-8-2-7-13-17(14)18(15-9-3-4-10-15)16-11-5-6-12-16;/h2,7-8,13,15-16H,3-6,9-12H2,1H3;/q;-1/p+1. The fraction of sp³-hybridized carbons (Fsp3) is 0.647. The van der Waals surface area contributed by atoms with E-state index in [4.69, 9.17) is 0 Å². The molecule has 109 valence electrons. The van der Waals surface area contributed by atoms with Gasteiger partial charge in [-0.05, 0) is 0 Å². The second-order valence-electron chi connectivity index (χ2n) is 6.49. The molecule has 0 atom stereocenters. The summed E-state index contributed by atoms with van der Waals surface area (Å²) in [4.78, 5) is 0. The van der Waals surface area contributed by atoms with Crippen LogP contribution in [0.15, 0.2) is 24.3 Å². The van der Waals surface area contributed by atoms with Crippen molar-refractivity contribution >= 4 is 10.8 Å². The summed E-state index contributed by atoms with van der Waals surface area (Å²) in [6.07, 6.45) is 11.8. The topological polar surface area (TPSA) is 0 Å². The van der Waals surface area contributed by atoms with Gasteiger partial charge >= 0.3 is 129 Å². The van der Waals surface area contributed by atoms with Crippen molar-refractivity contribution in [2.45, 2.75) is 69.6 Å². The Balaban J connectivity index is 2.02. The van der Waals surface area contributed by atoms with E-state index in [1.165, 1.54) is 51.4 Å². The number of hydrogen-bond acceptors (Lipinski definition) is 0. The van der Waals surface area contributed by atoms with Crippen molar-refractivity contribution in [3.63, 3.8) is 0 Å². The van der Waals surface area contributed by atoms with Crippen LogP contribution in [0.1, 0.15) is 56.9 Å². The Morgan fingerprint density at radius 1 is 0.895 bits per heavy atom. The van der Waals surface area contributed by atoms with Gasteiger partial charge < -0.3 is 0 Å². The van der Waals surface area contributed by atoms with Crippen molar-refractivity contribution in [2.24, 2.45) is 0 Å². The summed E-state index contributed by atoms with van der Waals surface area (Å²) in [5, 5.41) is 1.73. The van der Waals surface area contributed by atoms with Crippen molar-refractivity contribution in [3.8, 4) is 0 Å². The van der Waals surface area contributed by atoms with Gasteiger partial charge in [0.15, 0.2) is 0 Å². The second kappa shape index (κ2) is 5.97. The van der Waals surface area contributed by atoms with Gasteiger partial charge in [-0.2, -0.15) is 0 Å². The van der Waals surface area contributed by atoms with E-state index in [0.29, 0.717) is 0 Å². The summed E-state index contributed by atoms with van der Waals surface area (Å²) in [6.45, 7) is 2.33. The van der Waals surface area contributed by atoms with Crippen LogP contribution in [-0.4, -0.2) is 11.3 Å². The van der Waals surface area contributed by atoms with Crippen LogP contribution in [0.3, 0.4) is 0 Å². The van der Waals surface area contributed by atoms with Gasteiger partial charge in [0.2, 0.25) is 0 Å². The summed E-state index contributed by atoms with van der Waals surface area (Å²) in [7, 11) is 0. The Bertz CT molecular complexity index is 415. The first-order valence-electron chi connectivity index (χ1n) is 7.95. The van der Waals surface area contributed by atoms with Crippen molar-refractivity contribution in [1.29, 1.82) is 0 Å². The molecule has 0 nitrogen and oxygen atoms in total. The van der Waals surface area contributed by atoms with Crippen molar-refractivity contribution in [1.82, 2.24) is 0 Å². The van der Waals surface area contributed by atoms with E-state index < -0.39 is 5.45 Å². The third-order valence-corrected chi connectivity index (χ3v) is 15.2. The van der Waals surface area contributed by atoms with Gasteiger partial charge in [-0.3, -0.25) is 0 Å². The monoisotopic (exact) mass is 367 g/mol. The maximum atomic E-state index is 4.10. The second-order valence-corrected chi connectivity index (χ2v) is 14.0. The fourth-order valence-corrected chi connectivity index (χ4v) is 13.4. The van der Waals surface area contributed by atoms with Gasteiger partial charge in [-0.25, -0.2) is 0 Å². The minimum absolute atomic E-state index is 1.000. The van der Waals surface area contributed by atoms with E-state index in [1.807, 2.05) is 0 Å². The number of benzene rings is 1. The summed E-state index contributed by atoms with van der Waals surface area (Å²) >= 11 is 4.10. The average Bonchev–Trinajstić information content (AvgIpc) is 3.12. The van der Waals surface area contributed by atoms with Gasteiger partial charge in [0.05, 0.1) is 0 Å². The zero-order valence-corrected chi connectivity index (χ0v) is 14.5. The third kappa shape index (κ3) is 2.60. The van der Waals surface area contributed by atoms with Crippen LogP contribution in [-0.2, 0) is 18.7 Å². The fourth-order valence-electron chi connectivity index (χ4n) is 4.41. The van der Waals surface area contributed by atoms with Crippen LogP contribution >= 0.6 is 5.45 Å². The van der Waals surface area contributed by atoms with Crippen molar-refractivity contribution in [3.05, 3.63) is 29.8 Å². The predicted octanol–water partition coefficient (Wildman–Crippen LogP) is 4.72. The van der Waals surface area contributed by atoms with Crippen LogP contribution in [0, 0.1) is 6.92 Å². The minimum atomic E-state index is -1.45. The molecule has 0 aromatic heterocycles. The molecule has 2 fully saturated rings. The first-order chi connectivity index (χ1) is 9.23. The molecule has 0 unspecified atom stereocenters. The predicted molar refractivity (Wildman–Crippen MR) is 83.6 cm³/mol. The summed E-state index contributed by atoms with van der Waals surface area (Å²) in [6, 6.07) is 9.24. The normalized spacial score (nSPS) is 23.1. The van der Waals surface area contributed by atoms with Gasteiger partial charge in [0.1, 0.15) is 0 Å². The van der Waals surface area contributed by atoms with Crippen LogP contribution in [0.5, 0.6) is 0 Å². The third-order valence-electron chi connectivity index (χ3n) is 5.39. The van der Waals surface area contributed by atoms with Crippen molar-refractivity contribution < 1.29 is 18.7 Å². The van der Waals surface area contributed by atoms with Crippen LogP contribution in [0.4, 0.5) is 0 Å². The molecular weight excluding hydrogens is 342 g/mol. The summed E-state index contributed by atoms with van der Waals surface area (Å²) in [5.74, 6) is 0. The van der Waals surface area contributed by atoms with E-state index in [9.17, 15) is 0 Å². The zero-order valence-electron chi connectivity index (χ0n) is 11.9. The number of aryl methyl sites for hydroxylation is 1. The molecule has 3 rings (SSSR count). The Labute approximate surface area is 129 Å². The molecule has 0 amide bonds. The molecule has 0 aliphatic heterocycles. The zero-order chi connectivity index (χ0) is 13.3. The SMILES string of the molecule is Cc1ccccc1[PH]([Pd])(C1CCCC1)C1CCCC1. The molecule has 2 heteroatoms. The first-order valence-corrected chi connectivity index (χ1v) is 12.2. The Hall–Kier alpha value is 0.312. The van der Waals surface area contributed by atoms with E-state index in [0.717, 1.165) is 11.3 Å². The molecule has 0 radical (unpaired) electrons. The molecule has 2 saturated carbocycles. The average molecular weight is 368 g/mol. The van der Waals surface area contributed by atoms with E-state index in [2.05, 4.69) is 49.9 Å². The molecule has 1 aromatic rings. The van der Waals surface area contributed by atoms with Gasteiger partial charge in [0, 0.05) is 0 Å². The Morgan fingerprint density at radius 2 is 1.37 bits per heavy atom. The molecule has 0 bridgehead atoms. The maximum absolute atomic E-state index is 4.10. The molecule has 2 aliphatic carbocycles. The molecule has 0 heterocycles. The van der Waals surface area contributed by atoms with Gasteiger partial charge in [-0.15, -0.1) is 0 Å². The quantitative estimate of drug-likeness (QED) is 0.536. The van der Waals surface area contributed by atoms with Crippen LogP contribution in [0.25, 0.3) is 0 Å². The first kappa shape index (κ1) is 14.3.